The number of hydrogen-bond donors (Lipinski definition) is 0. The van der Waals surface area contributed by atoms with Crippen LogP contribution in [0, 0.1) is 5.92 Å². The van der Waals surface area contributed by atoms with E-state index in [4.69, 9.17) is 0 Å². The van der Waals surface area contributed by atoms with E-state index in [1.807, 2.05) is 23.3 Å². The predicted molar refractivity (Wildman–Crippen MR) is 95.8 cm³/mol. The zero-order valence-electron chi connectivity index (χ0n) is 15.5. The number of halogens is 3. The number of benzene rings is 1. The van der Waals surface area contributed by atoms with Crippen LogP contribution in [0.4, 0.5) is 13.2 Å². The van der Waals surface area contributed by atoms with Gasteiger partial charge in [0.2, 0.25) is 5.91 Å². The van der Waals surface area contributed by atoms with Gasteiger partial charge in [-0.1, -0.05) is 18.6 Å². The second kappa shape index (κ2) is 7.74. The maximum atomic E-state index is 12.7. The van der Waals surface area contributed by atoms with Gasteiger partial charge >= 0.3 is 6.18 Å². The van der Waals surface area contributed by atoms with E-state index in [9.17, 15) is 18.0 Å². The quantitative estimate of drug-likeness (QED) is 0.742. The number of imidazole rings is 1. The summed E-state index contributed by atoms with van der Waals surface area (Å²) in [5, 5.41) is 0. The van der Waals surface area contributed by atoms with Crippen LogP contribution in [0.2, 0.25) is 0 Å². The van der Waals surface area contributed by atoms with Gasteiger partial charge in [0.05, 0.1) is 12.1 Å². The second-order valence-corrected chi connectivity index (χ2v) is 7.35. The van der Waals surface area contributed by atoms with Crippen LogP contribution in [-0.2, 0) is 24.1 Å². The average Bonchev–Trinajstić information content (AvgIpc) is 2.97. The lowest BCUT2D eigenvalue weighted by atomic mass is 9.84. The molecule has 0 atom stereocenters. The van der Waals surface area contributed by atoms with Crippen LogP contribution in [0.3, 0.4) is 0 Å². The highest BCUT2D eigenvalue weighted by Gasteiger charge is 2.31. The molecule has 1 saturated carbocycles. The first kappa shape index (κ1) is 19.5. The van der Waals surface area contributed by atoms with Crippen molar-refractivity contribution in [1.82, 2.24) is 14.5 Å². The van der Waals surface area contributed by atoms with Gasteiger partial charge < -0.3 is 9.47 Å². The first-order valence-electron chi connectivity index (χ1n) is 9.22. The number of aromatic nitrogens is 2. The van der Waals surface area contributed by atoms with E-state index < -0.39 is 11.7 Å². The Bertz CT molecular complexity index is 777. The number of carbonyl (C=O) groups excluding carboxylic acids is 1. The highest BCUT2D eigenvalue weighted by molar-refractivity contribution is 5.79. The third kappa shape index (κ3) is 4.51. The summed E-state index contributed by atoms with van der Waals surface area (Å²) in [6.07, 6.45) is 2.11. The number of alkyl halides is 3. The maximum Gasteiger partial charge on any atom is 0.416 e. The van der Waals surface area contributed by atoms with Gasteiger partial charge in [-0.2, -0.15) is 13.2 Å². The molecule has 146 valence electrons. The molecule has 0 aliphatic heterocycles. The van der Waals surface area contributed by atoms with E-state index in [2.05, 4.69) is 4.98 Å². The van der Waals surface area contributed by atoms with E-state index >= 15 is 0 Å². The molecule has 2 aromatic rings. The van der Waals surface area contributed by atoms with Crippen molar-refractivity contribution in [3.63, 3.8) is 0 Å². The fourth-order valence-electron chi connectivity index (χ4n) is 3.19. The molecule has 0 radical (unpaired) electrons. The summed E-state index contributed by atoms with van der Waals surface area (Å²) in [6.45, 7) is 4.79. The Morgan fingerprint density at radius 2 is 1.93 bits per heavy atom. The molecule has 1 aromatic heterocycles. The minimum atomic E-state index is -4.33. The van der Waals surface area contributed by atoms with Crippen LogP contribution >= 0.6 is 0 Å². The van der Waals surface area contributed by atoms with Gasteiger partial charge in [-0.25, -0.2) is 4.98 Å². The summed E-state index contributed by atoms with van der Waals surface area (Å²) in [4.78, 5) is 18.9. The lowest BCUT2D eigenvalue weighted by Gasteiger charge is -2.34. The Balaban J connectivity index is 1.72. The van der Waals surface area contributed by atoms with Crippen LogP contribution in [0.5, 0.6) is 0 Å². The van der Waals surface area contributed by atoms with Crippen molar-refractivity contribution < 1.29 is 18.0 Å². The molecule has 1 aromatic carbocycles. The molecule has 1 heterocycles. The Morgan fingerprint density at radius 3 is 2.44 bits per heavy atom. The molecule has 0 unspecified atom stereocenters. The average molecular weight is 379 g/mol. The molecule has 1 aliphatic rings. The van der Waals surface area contributed by atoms with Crippen LogP contribution in [0.1, 0.15) is 50.1 Å². The van der Waals surface area contributed by atoms with Crippen molar-refractivity contribution in [3.05, 3.63) is 53.6 Å². The Kier molecular flexibility index (Phi) is 5.58. The molecule has 0 N–H and O–H groups in total. The summed E-state index contributed by atoms with van der Waals surface area (Å²) in [6, 6.07) is 5.20. The summed E-state index contributed by atoms with van der Waals surface area (Å²) in [5.41, 5.74) is 0.0952. The number of carbonyl (C=O) groups is 1. The normalized spacial score (nSPS) is 15.0. The van der Waals surface area contributed by atoms with Gasteiger partial charge in [0.15, 0.2) is 0 Å². The number of nitrogens with zero attached hydrogens (tertiary/aromatic N) is 3. The zero-order chi connectivity index (χ0) is 19.6. The van der Waals surface area contributed by atoms with Crippen molar-refractivity contribution in [1.29, 1.82) is 0 Å². The van der Waals surface area contributed by atoms with Gasteiger partial charge in [0.1, 0.15) is 5.82 Å². The predicted octanol–water partition coefficient (Wildman–Crippen LogP) is 4.49. The molecule has 1 amide bonds. The van der Waals surface area contributed by atoms with Crippen LogP contribution in [0.15, 0.2) is 36.7 Å². The van der Waals surface area contributed by atoms with E-state index in [1.54, 1.807) is 12.4 Å². The Morgan fingerprint density at radius 1 is 1.26 bits per heavy atom. The van der Waals surface area contributed by atoms with Crippen molar-refractivity contribution in [3.8, 4) is 0 Å². The van der Waals surface area contributed by atoms with Crippen molar-refractivity contribution in [2.24, 2.45) is 5.92 Å². The summed E-state index contributed by atoms with van der Waals surface area (Å²) in [7, 11) is 0. The largest absolute Gasteiger partial charge is 0.416 e. The molecule has 3 rings (SSSR count). The topological polar surface area (TPSA) is 38.1 Å². The van der Waals surface area contributed by atoms with Crippen LogP contribution in [0.25, 0.3) is 0 Å². The zero-order valence-corrected chi connectivity index (χ0v) is 15.5. The SMILES string of the molecule is CC(C)N(Cc1nccn1Cc1ccc(C(F)(F)F)cc1)C(=O)C1CCC1. The molecule has 1 aliphatic carbocycles. The van der Waals surface area contributed by atoms with E-state index in [-0.39, 0.29) is 17.9 Å². The lowest BCUT2D eigenvalue weighted by Crippen LogP contribution is -2.43. The number of hydrogen-bond acceptors (Lipinski definition) is 2. The molecule has 0 spiro atoms. The van der Waals surface area contributed by atoms with Crippen LogP contribution < -0.4 is 0 Å². The molecule has 1 fully saturated rings. The van der Waals surface area contributed by atoms with E-state index in [0.717, 1.165) is 42.8 Å². The van der Waals surface area contributed by atoms with Gasteiger partial charge in [0.25, 0.3) is 0 Å². The fourth-order valence-corrected chi connectivity index (χ4v) is 3.19. The third-order valence-corrected chi connectivity index (χ3v) is 5.11. The van der Waals surface area contributed by atoms with E-state index in [0.29, 0.717) is 13.1 Å². The Hall–Kier alpha value is -2.31. The maximum absolute atomic E-state index is 12.7. The molecule has 4 nitrogen and oxygen atoms in total. The number of amides is 1. The first-order valence-corrected chi connectivity index (χ1v) is 9.22. The highest BCUT2D eigenvalue weighted by Crippen LogP contribution is 2.30. The summed E-state index contributed by atoms with van der Waals surface area (Å²) in [5.74, 6) is 1.02. The minimum Gasteiger partial charge on any atom is -0.333 e. The van der Waals surface area contributed by atoms with Gasteiger partial charge in [-0.05, 0) is 44.4 Å². The van der Waals surface area contributed by atoms with Crippen LogP contribution in [-0.4, -0.2) is 26.4 Å². The second-order valence-electron chi connectivity index (χ2n) is 7.35. The lowest BCUT2D eigenvalue weighted by molar-refractivity contribution is -0.141. The minimum absolute atomic E-state index is 0.0642. The third-order valence-electron chi connectivity index (χ3n) is 5.11. The smallest absolute Gasteiger partial charge is 0.333 e. The van der Waals surface area contributed by atoms with Crippen molar-refractivity contribution in [2.45, 2.75) is 58.4 Å². The fraction of sp³-hybridized carbons (Fsp3) is 0.500. The van der Waals surface area contributed by atoms with Crippen molar-refractivity contribution in [2.75, 3.05) is 0 Å². The molecule has 0 bridgehead atoms. The summed E-state index contributed by atoms with van der Waals surface area (Å²) < 4.78 is 40.0. The number of rotatable bonds is 6. The molecule has 0 saturated heterocycles. The van der Waals surface area contributed by atoms with Gasteiger partial charge in [-0.15, -0.1) is 0 Å². The highest BCUT2D eigenvalue weighted by atomic mass is 19.4. The molecular formula is C20H24F3N3O. The first-order chi connectivity index (χ1) is 12.8. The van der Waals surface area contributed by atoms with Gasteiger partial charge in [-0.3, -0.25) is 4.79 Å². The molecular weight excluding hydrogens is 355 g/mol. The Labute approximate surface area is 157 Å². The van der Waals surface area contributed by atoms with E-state index in [1.165, 1.54) is 12.1 Å². The van der Waals surface area contributed by atoms with Crippen molar-refractivity contribution >= 4 is 5.91 Å². The summed E-state index contributed by atoms with van der Waals surface area (Å²) >= 11 is 0. The van der Waals surface area contributed by atoms with Gasteiger partial charge in [0, 0.05) is 30.9 Å². The molecule has 7 heteroatoms. The monoisotopic (exact) mass is 379 g/mol. The molecule has 27 heavy (non-hydrogen) atoms. The standard InChI is InChI=1S/C20H24F3N3O/c1-14(2)26(19(27)16-4-3-5-16)13-18-24-10-11-25(18)12-15-6-8-17(9-7-15)20(21,22)23/h6-11,14,16H,3-5,12-13H2,1-2H3.